The zero-order chi connectivity index (χ0) is 12.6. The number of rotatable bonds is 2. The number of nitriles is 1. The predicted molar refractivity (Wildman–Crippen MR) is 67.7 cm³/mol. The molecule has 0 spiro atoms. The molecule has 1 aliphatic rings. The molecule has 2 aromatic heterocycles. The van der Waals surface area contributed by atoms with E-state index in [1.165, 1.54) is 0 Å². The minimum absolute atomic E-state index is 0.379. The summed E-state index contributed by atoms with van der Waals surface area (Å²) in [6.07, 6.45) is 6.44. The fourth-order valence-corrected chi connectivity index (χ4v) is 2.41. The fourth-order valence-electron chi connectivity index (χ4n) is 2.41. The summed E-state index contributed by atoms with van der Waals surface area (Å²) in [5, 5.41) is 9.34. The SMILES string of the molecule is Cc1[nH]c(C2(C#N)CCC2)nc1-c1ccncc1. The Hall–Kier alpha value is -2.15. The van der Waals surface area contributed by atoms with E-state index in [2.05, 4.69) is 21.0 Å². The molecule has 0 bridgehead atoms. The first-order valence-electron chi connectivity index (χ1n) is 6.14. The molecule has 0 radical (unpaired) electrons. The number of nitrogens with zero attached hydrogens (tertiary/aromatic N) is 3. The van der Waals surface area contributed by atoms with Crippen LogP contribution in [0.2, 0.25) is 0 Å². The van der Waals surface area contributed by atoms with Crippen LogP contribution in [0.3, 0.4) is 0 Å². The molecule has 3 rings (SSSR count). The number of H-pyrrole nitrogens is 1. The van der Waals surface area contributed by atoms with E-state index < -0.39 is 0 Å². The van der Waals surface area contributed by atoms with E-state index in [-0.39, 0.29) is 5.41 Å². The maximum Gasteiger partial charge on any atom is 0.127 e. The first kappa shape index (κ1) is 11.0. The summed E-state index contributed by atoms with van der Waals surface area (Å²) < 4.78 is 0. The van der Waals surface area contributed by atoms with E-state index in [0.717, 1.165) is 42.0 Å². The second-order valence-electron chi connectivity index (χ2n) is 4.84. The van der Waals surface area contributed by atoms with E-state index in [9.17, 15) is 5.26 Å². The summed E-state index contributed by atoms with van der Waals surface area (Å²) in [4.78, 5) is 11.9. The zero-order valence-electron chi connectivity index (χ0n) is 10.3. The molecule has 0 amide bonds. The highest BCUT2D eigenvalue weighted by molar-refractivity contribution is 5.61. The normalized spacial score (nSPS) is 16.9. The Kier molecular flexibility index (Phi) is 2.41. The minimum atomic E-state index is -0.379. The summed E-state index contributed by atoms with van der Waals surface area (Å²) >= 11 is 0. The third kappa shape index (κ3) is 1.52. The third-order valence-electron chi connectivity index (χ3n) is 3.71. The molecule has 1 aliphatic carbocycles. The van der Waals surface area contributed by atoms with Crippen molar-refractivity contribution in [1.29, 1.82) is 5.26 Å². The number of aromatic nitrogens is 3. The molecule has 2 heterocycles. The summed E-state index contributed by atoms with van der Waals surface area (Å²) in [6, 6.07) is 6.29. The van der Waals surface area contributed by atoms with Crippen LogP contribution in [0.5, 0.6) is 0 Å². The van der Waals surface area contributed by atoms with Gasteiger partial charge in [0.1, 0.15) is 11.2 Å². The number of nitrogens with one attached hydrogen (secondary N) is 1. The van der Waals surface area contributed by atoms with Crippen molar-refractivity contribution in [3.63, 3.8) is 0 Å². The van der Waals surface area contributed by atoms with E-state index in [1.54, 1.807) is 12.4 Å². The lowest BCUT2D eigenvalue weighted by Gasteiger charge is -2.32. The van der Waals surface area contributed by atoms with Gasteiger partial charge in [0.15, 0.2) is 0 Å². The number of imidazole rings is 1. The Balaban J connectivity index is 2.05. The van der Waals surface area contributed by atoms with Gasteiger partial charge in [0, 0.05) is 23.7 Å². The quantitative estimate of drug-likeness (QED) is 0.874. The Morgan fingerprint density at radius 2 is 2.06 bits per heavy atom. The van der Waals surface area contributed by atoms with E-state index in [1.807, 2.05) is 19.1 Å². The van der Waals surface area contributed by atoms with Crippen LogP contribution in [0.4, 0.5) is 0 Å². The molecule has 4 nitrogen and oxygen atoms in total. The van der Waals surface area contributed by atoms with E-state index in [4.69, 9.17) is 0 Å². The molecule has 0 saturated heterocycles. The lowest BCUT2D eigenvalue weighted by atomic mass is 9.69. The smallest absolute Gasteiger partial charge is 0.127 e. The van der Waals surface area contributed by atoms with Crippen molar-refractivity contribution in [3.05, 3.63) is 36.0 Å². The van der Waals surface area contributed by atoms with Crippen molar-refractivity contribution in [1.82, 2.24) is 15.0 Å². The van der Waals surface area contributed by atoms with Crippen LogP contribution in [-0.4, -0.2) is 15.0 Å². The van der Waals surface area contributed by atoms with Crippen molar-refractivity contribution in [2.24, 2.45) is 0 Å². The maximum absolute atomic E-state index is 9.34. The lowest BCUT2D eigenvalue weighted by Crippen LogP contribution is -2.33. The molecule has 1 saturated carbocycles. The third-order valence-corrected chi connectivity index (χ3v) is 3.71. The number of aromatic amines is 1. The molecule has 2 aromatic rings. The van der Waals surface area contributed by atoms with Crippen LogP contribution in [0, 0.1) is 18.3 Å². The van der Waals surface area contributed by atoms with E-state index in [0.29, 0.717) is 0 Å². The summed E-state index contributed by atoms with van der Waals surface area (Å²) in [5.41, 5.74) is 2.60. The molecule has 18 heavy (non-hydrogen) atoms. The highest BCUT2D eigenvalue weighted by Gasteiger charge is 2.42. The first-order valence-corrected chi connectivity index (χ1v) is 6.14. The van der Waals surface area contributed by atoms with Gasteiger partial charge < -0.3 is 4.98 Å². The highest BCUT2D eigenvalue weighted by atomic mass is 15.0. The lowest BCUT2D eigenvalue weighted by molar-refractivity contribution is 0.309. The topological polar surface area (TPSA) is 65.4 Å². The molecule has 0 aliphatic heterocycles. The molecule has 0 aromatic carbocycles. The van der Waals surface area contributed by atoms with Gasteiger partial charge in [0.05, 0.1) is 11.8 Å². The summed E-state index contributed by atoms with van der Waals surface area (Å²) in [6.45, 7) is 2.00. The Morgan fingerprint density at radius 3 is 2.61 bits per heavy atom. The molecule has 0 atom stereocenters. The maximum atomic E-state index is 9.34. The van der Waals surface area contributed by atoms with Crippen molar-refractivity contribution in [3.8, 4) is 17.3 Å². The van der Waals surface area contributed by atoms with Crippen LogP contribution in [0.15, 0.2) is 24.5 Å². The second kappa shape index (κ2) is 3.95. The van der Waals surface area contributed by atoms with Gasteiger partial charge in [0.2, 0.25) is 0 Å². The Bertz CT molecular complexity index is 602. The van der Waals surface area contributed by atoms with Gasteiger partial charge in [-0.3, -0.25) is 4.98 Å². The average molecular weight is 238 g/mol. The molecule has 1 N–H and O–H groups in total. The van der Waals surface area contributed by atoms with Gasteiger partial charge in [-0.25, -0.2) is 4.98 Å². The van der Waals surface area contributed by atoms with Crippen molar-refractivity contribution in [2.45, 2.75) is 31.6 Å². The Labute approximate surface area is 106 Å². The van der Waals surface area contributed by atoms with Gasteiger partial charge >= 0.3 is 0 Å². The Morgan fingerprint density at radius 1 is 1.33 bits per heavy atom. The largest absolute Gasteiger partial charge is 0.344 e. The van der Waals surface area contributed by atoms with Crippen LogP contribution in [0.1, 0.15) is 30.8 Å². The van der Waals surface area contributed by atoms with Crippen LogP contribution >= 0.6 is 0 Å². The standard InChI is InChI=1S/C14H14N4/c1-10-12(11-3-7-16-8-4-11)18-13(17-10)14(9-15)5-2-6-14/h3-4,7-8H,2,5-6H2,1H3,(H,17,18). The van der Waals surface area contributed by atoms with Gasteiger partial charge in [-0.15, -0.1) is 0 Å². The van der Waals surface area contributed by atoms with Crippen molar-refractivity contribution in [2.75, 3.05) is 0 Å². The van der Waals surface area contributed by atoms with Gasteiger partial charge in [-0.1, -0.05) is 0 Å². The number of hydrogen-bond donors (Lipinski definition) is 1. The molecule has 90 valence electrons. The number of pyridine rings is 1. The number of aryl methyl sites for hydroxylation is 1. The van der Waals surface area contributed by atoms with Crippen LogP contribution < -0.4 is 0 Å². The second-order valence-corrected chi connectivity index (χ2v) is 4.84. The van der Waals surface area contributed by atoms with Gasteiger partial charge in [-0.05, 0) is 38.3 Å². The predicted octanol–water partition coefficient (Wildman–Crippen LogP) is 2.73. The highest BCUT2D eigenvalue weighted by Crippen LogP contribution is 2.42. The average Bonchev–Trinajstić information content (AvgIpc) is 2.72. The summed E-state index contributed by atoms with van der Waals surface area (Å²) in [7, 11) is 0. The zero-order valence-corrected chi connectivity index (χ0v) is 10.3. The minimum Gasteiger partial charge on any atom is -0.344 e. The van der Waals surface area contributed by atoms with Crippen molar-refractivity contribution < 1.29 is 0 Å². The molecule has 1 fully saturated rings. The molecular weight excluding hydrogens is 224 g/mol. The first-order chi connectivity index (χ1) is 8.75. The van der Waals surface area contributed by atoms with E-state index >= 15 is 0 Å². The molecule has 0 unspecified atom stereocenters. The molecular formula is C14H14N4. The summed E-state index contributed by atoms with van der Waals surface area (Å²) in [5.74, 6) is 0.820. The van der Waals surface area contributed by atoms with Crippen molar-refractivity contribution >= 4 is 0 Å². The van der Waals surface area contributed by atoms with Crippen LogP contribution in [0.25, 0.3) is 11.3 Å². The van der Waals surface area contributed by atoms with Crippen LogP contribution in [-0.2, 0) is 5.41 Å². The monoisotopic (exact) mass is 238 g/mol. The van der Waals surface area contributed by atoms with Gasteiger partial charge in [-0.2, -0.15) is 5.26 Å². The fraction of sp³-hybridized carbons (Fsp3) is 0.357. The molecule has 4 heteroatoms. The number of hydrogen-bond acceptors (Lipinski definition) is 3. The van der Waals surface area contributed by atoms with Gasteiger partial charge in [0.25, 0.3) is 0 Å².